The van der Waals surface area contributed by atoms with Crippen LogP contribution in [0.2, 0.25) is 0 Å². The summed E-state index contributed by atoms with van der Waals surface area (Å²) in [5.74, 6) is 0.241. The Labute approximate surface area is 131 Å². The van der Waals surface area contributed by atoms with Crippen LogP contribution in [0.1, 0.15) is 5.56 Å². The van der Waals surface area contributed by atoms with E-state index in [1.54, 1.807) is 0 Å². The molecular weight excluding hydrogens is 304 g/mol. The Balaban J connectivity index is 1.64. The highest BCUT2D eigenvalue weighted by molar-refractivity contribution is 7.99. The fraction of sp³-hybridized carbons (Fsp3) is 0.286. The molecule has 8 heteroatoms. The molecule has 1 aromatic carbocycles. The van der Waals surface area contributed by atoms with Gasteiger partial charge in [0.1, 0.15) is 0 Å². The maximum Gasteiger partial charge on any atom is 0.324 e. The van der Waals surface area contributed by atoms with E-state index in [4.69, 9.17) is 4.42 Å². The van der Waals surface area contributed by atoms with Crippen LogP contribution < -0.4 is 5.32 Å². The second-order valence-corrected chi connectivity index (χ2v) is 5.68. The molecule has 0 radical (unpaired) electrons. The van der Waals surface area contributed by atoms with Crippen LogP contribution >= 0.6 is 11.8 Å². The van der Waals surface area contributed by atoms with Gasteiger partial charge >= 0.3 is 6.03 Å². The Morgan fingerprint density at radius 1 is 1.41 bits per heavy atom. The van der Waals surface area contributed by atoms with E-state index in [9.17, 15) is 9.59 Å². The zero-order valence-electron chi connectivity index (χ0n) is 11.9. The molecular formula is C14H14N4O3S. The van der Waals surface area contributed by atoms with E-state index < -0.39 is 0 Å². The van der Waals surface area contributed by atoms with Crippen LogP contribution in [-0.4, -0.2) is 45.9 Å². The maximum atomic E-state index is 11.9. The van der Waals surface area contributed by atoms with Gasteiger partial charge in [-0.15, -0.1) is 10.2 Å². The van der Waals surface area contributed by atoms with E-state index in [2.05, 4.69) is 15.5 Å². The lowest BCUT2D eigenvalue weighted by Crippen LogP contribution is -2.35. The minimum Gasteiger partial charge on any atom is -0.411 e. The predicted molar refractivity (Wildman–Crippen MR) is 80.3 cm³/mol. The second-order valence-electron chi connectivity index (χ2n) is 4.75. The fourth-order valence-corrected chi connectivity index (χ4v) is 2.74. The number of imide groups is 1. The molecule has 1 aliphatic heterocycles. The molecule has 0 bridgehead atoms. The number of carbonyl (C=O) groups is 2. The number of nitrogens with zero attached hydrogens (tertiary/aromatic N) is 3. The SMILES string of the molecule is Cc1ccccc1-c1nnc(SCC(=O)N2CCNC2=O)o1. The summed E-state index contributed by atoms with van der Waals surface area (Å²) in [6.45, 7) is 2.85. The molecule has 7 nitrogen and oxygen atoms in total. The number of benzene rings is 1. The molecule has 22 heavy (non-hydrogen) atoms. The number of rotatable bonds is 4. The van der Waals surface area contributed by atoms with Crippen molar-refractivity contribution in [2.75, 3.05) is 18.8 Å². The summed E-state index contributed by atoms with van der Waals surface area (Å²) in [7, 11) is 0. The number of thioether (sulfide) groups is 1. The summed E-state index contributed by atoms with van der Waals surface area (Å²) >= 11 is 1.13. The highest BCUT2D eigenvalue weighted by Crippen LogP contribution is 2.25. The Morgan fingerprint density at radius 3 is 2.95 bits per heavy atom. The van der Waals surface area contributed by atoms with Gasteiger partial charge in [-0.1, -0.05) is 30.0 Å². The molecule has 2 heterocycles. The van der Waals surface area contributed by atoms with Crippen molar-refractivity contribution in [3.05, 3.63) is 29.8 Å². The largest absolute Gasteiger partial charge is 0.411 e. The first kappa shape index (κ1) is 14.6. The topological polar surface area (TPSA) is 88.3 Å². The van der Waals surface area contributed by atoms with Crippen LogP contribution in [0.5, 0.6) is 0 Å². The lowest BCUT2D eigenvalue weighted by molar-refractivity contribution is -0.124. The van der Waals surface area contributed by atoms with Gasteiger partial charge in [0.15, 0.2) is 0 Å². The van der Waals surface area contributed by atoms with E-state index in [0.29, 0.717) is 24.2 Å². The lowest BCUT2D eigenvalue weighted by atomic mass is 10.1. The molecule has 114 valence electrons. The summed E-state index contributed by atoms with van der Waals surface area (Å²) in [6, 6.07) is 7.34. The summed E-state index contributed by atoms with van der Waals surface area (Å²) in [4.78, 5) is 24.5. The van der Waals surface area contributed by atoms with Gasteiger partial charge in [0.05, 0.1) is 5.75 Å². The Bertz CT molecular complexity index is 716. The third-order valence-electron chi connectivity index (χ3n) is 3.26. The average molecular weight is 318 g/mol. The lowest BCUT2D eigenvalue weighted by Gasteiger charge is -2.10. The summed E-state index contributed by atoms with van der Waals surface area (Å²) in [5.41, 5.74) is 1.90. The number of urea groups is 1. The third-order valence-corrected chi connectivity index (χ3v) is 4.06. The van der Waals surface area contributed by atoms with Gasteiger partial charge in [0, 0.05) is 18.7 Å². The molecule has 1 saturated heterocycles. The van der Waals surface area contributed by atoms with E-state index >= 15 is 0 Å². The van der Waals surface area contributed by atoms with Crippen molar-refractivity contribution in [2.45, 2.75) is 12.1 Å². The number of hydrogen-bond acceptors (Lipinski definition) is 6. The smallest absolute Gasteiger partial charge is 0.324 e. The molecule has 1 fully saturated rings. The number of aryl methyl sites for hydroxylation is 1. The zero-order chi connectivity index (χ0) is 15.5. The van der Waals surface area contributed by atoms with Gasteiger partial charge in [-0.05, 0) is 18.6 Å². The van der Waals surface area contributed by atoms with Gasteiger partial charge < -0.3 is 9.73 Å². The van der Waals surface area contributed by atoms with Crippen molar-refractivity contribution in [1.29, 1.82) is 0 Å². The molecule has 0 aliphatic carbocycles. The predicted octanol–water partition coefficient (Wildman–Crippen LogP) is 1.69. The molecule has 0 spiro atoms. The zero-order valence-corrected chi connectivity index (χ0v) is 12.7. The van der Waals surface area contributed by atoms with Gasteiger partial charge in [-0.2, -0.15) is 0 Å². The molecule has 1 aromatic heterocycles. The maximum absolute atomic E-state index is 11.9. The standard InChI is InChI=1S/C14H14N4O3S/c1-9-4-2-3-5-10(9)12-16-17-14(21-12)22-8-11(19)18-7-6-15-13(18)20/h2-5H,6-8H2,1H3,(H,15,20). The van der Waals surface area contributed by atoms with Crippen molar-refractivity contribution >= 4 is 23.7 Å². The molecule has 0 saturated carbocycles. The first-order valence-corrected chi connectivity index (χ1v) is 7.74. The number of amides is 3. The van der Waals surface area contributed by atoms with Crippen molar-refractivity contribution in [2.24, 2.45) is 0 Å². The van der Waals surface area contributed by atoms with Crippen molar-refractivity contribution in [1.82, 2.24) is 20.4 Å². The van der Waals surface area contributed by atoms with Crippen LogP contribution in [0.4, 0.5) is 4.79 Å². The van der Waals surface area contributed by atoms with E-state index in [0.717, 1.165) is 22.9 Å². The van der Waals surface area contributed by atoms with Gasteiger partial charge in [0.25, 0.3) is 5.22 Å². The van der Waals surface area contributed by atoms with Crippen LogP contribution in [0.25, 0.3) is 11.5 Å². The first-order valence-electron chi connectivity index (χ1n) is 6.75. The molecule has 0 unspecified atom stereocenters. The molecule has 1 N–H and O–H groups in total. The molecule has 3 rings (SSSR count). The van der Waals surface area contributed by atoms with Crippen LogP contribution in [0, 0.1) is 6.92 Å². The molecule has 0 atom stereocenters. The highest BCUT2D eigenvalue weighted by atomic mass is 32.2. The average Bonchev–Trinajstić information content (AvgIpc) is 3.14. The van der Waals surface area contributed by atoms with Crippen LogP contribution in [0.15, 0.2) is 33.9 Å². The Morgan fingerprint density at radius 2 is 2.23 bits per heavy atom. The monoisotopic (exact) mass is 318 g/mol. The quantitative estimate of drug-likeness (QED) is 0.863. The Hall–Kier alpha value is -2.35. The second kappa shape index (κ2) is 6.18. The van der Waals surface area contributed by atoms with Gasteiger partial charge in [-0.3, -0.25) is 9.69 Å². The molecule has 3 amide bonds. The normalized spacial score (nSPS) is 14.2. The minimum absolute atomic E-state index is 0.0861. The summed E-state index contributed by atoms with van der Waals surface area (Å²) < 4.78 is 5.56. The van der Waals surface area contributed by atoms with E-state index in [1.165, 1.54) is 4.90 Å². The van der Waals surface area contributed by atoms with E-state index in [1.807, 2.05) is 31.2 Å². The van der Waals surface area contributed by atoms with Gasteiger partial charge in [0.2, 0.25) is 11.8 Å². The summed E-state index contributed by atoms with van der Waals surface area (Å²) in [6.07, 6.45) is 0. The van der Waals surface area contributed by atoms with Crippen molar-refractivity contribution in [3.8, 4) is 11.5 Å². The minimum atomic E-state index is -0.350. The molecule has 1 aliphatic rings. The van der Waals surface area contributed by atoms with Crippen LogP contribution in [0.3, 0.4) is 0 Å². The fourth-order valence-electron chi connectivity index (χ4n) is 2.10. The third kappa shape index (κ3) is 2.96. The van der Waals surface area contributed by atoms with Crippen LogP contribution in [-0.2, 0) is 4.79 Å². The number of hydrogen-bond donors (Lipinski definition) is 1. The first-order chi connectivity index (χ1) is 10.6. The van der Waals surface area contributed by atoms with Crippen molar-refractivity contribution in [3.63, 3.8) is 0 Å². The summed E-state index contributed by atoms with van der Waals surface area (Å²) in [5, 5.41) is 10.8. The number of carbonyl (C=O) groups excluding carboxylic acids is 2. The number of nitrogens with one attached hydrogen (secondary N) is 1. The Kier molecular flexibility index (Phi) is 4.10. The van der Waals surface area contributed by atoms with E-state index in [-0.39, 0.29) is 17.7 Å². The van der Waals surface area contributed by atoms with Gasteiger partial charge in [-0.25, -0.2) is 4.79 Å². The number of aromatic nitrogens is 2. The highest BCUT2D eigenvalue weighted by Gasteiger charge is 2.26. The van der Waals surface area contributed by atoms with Crippen molar-refractivity contribution < 1.29 is 14.0 Å². The molecule has 2 aromatic rings.